The first-order valence-corrected chi connectivity index (χ1v) is 8.04. The van der Waals surface area contributed by atoms with Crippen LogP contribution >= 0.6 is 17.3 Å². The summed E-state index contributed by atoms with van der Waals surface area (Å²) < 4.78 is 19.9. The van der Waals surface area contributed by atoms with E-state index in [9.17, 15) is 9.67 Å². The van der Waals surface area contributed by atoms with Gasteiger partial charge in [-0.2, -0.15) is 0 Å². The van der Waals surface area contributed by atoms with Gasteiger partial charge in [-0.15, -0.1) is 0 Å². The molecule has 0 spiro atoms. The van der Waals surface area contributed by atoms with E-state index in [0.29, 0.717) is 0 Å². The molecular weight excluding hydrogens is 314 g/mol. The van der Waals surface area contributed by atoms with E-state index >= 15 is 0 Å². The molecular formula is C13H14O6P2. The van der Waals surface area contributed by atoms with Gasteiger partial charge in [0.15, 0.2) is 9.03 Å². The molecule has 3 unspecified atom stereocenters. The molecule has 0 fully saturated rings. The summed E-state index contributed by atoms with van der Waals surface area (Å²) in [6.45, 7) is 0. The number of rotatable bonds is 6. The summed E-state index contributed by atoms with van der Waals surface area (Å²) in [5.74, 6) is -2.45. The molecule has 0 heterocycles. The summed E-state index contributed by atoms with van der Waals surface area (Å²) in [6.07, 6.45) is 0. The molecule has 0 aliphatic heterocycles. The van der Waals surface area contributed by atoms with Gasteiger partial charge in [0, 0.05) is 5.56 Å². The van der Waals surface area contributed by atoms with Crippen molar-refractivity contribution in [3.05, 3.63) is 60.2 Å². The summed E-state index contributed by atoms with van der Waals surface area (Å²) in [6, 6.07) is 16.0. The molecule has 0 aliphatic carbocycles. The van der Waals surface area contributed by atoms with Gasteiger partial charge >= 0.3 is 14.2 Å². The first-order chi connectivity index (χ1) is 10.0. The summed E-state index contributed by atoms with van der Waals surface area (Å²) in [4.78, 5) is 17.6. The van der Waals surface area contributed by atoms with E-state index < -0.39 is 23.3 Å². The maximum Gasteiger partial charge on any atom is 0.321 e. The lowest BCUT2D eigenvalue weighted by Crippen LogP contribution is -2.27. The van der Waals surface area contributed by atoms with E-state index in [4.69, 9.17) is 9.79 Å². The van der Waals surface area contributed by atoms with Crippen LogP contribution in [0.1, 0.15) is 5.56 Å². The van der Waals surface area contributed by atoms with Gasteiger partial charge in [-0.05, 0) is 11.1 Å². The Hall–Kier alpha value is -1.10. The molecule has 0 aliphatic rings. The van der Waals surface area contributed by atoms with Gasteiger partial charge in [-0.25, -0.2) is 4.52 Å². The maximum atomic E-state index is 10.8. The Morgan fingerprint density at radius 2 is 1.57 bits per heavy atom. The van der Waals surface area contributed by atoms with Crippen molar-refractivity contribution in [3.63, 3.8) is 0 Å². The molecule has 0 amide bonds. The zero-order chi connectivity index (χ0) is 15.3. The third kappa shape index (κ3) is 4.19. The number of hydrogen-bond acceptors (Lipinski definition) is 5. The molecule has 112 valence electrons. The Kier molecular flexibility index (Phi) is 5.62. The van der Waals surface area contributed by atoms with Crippen molar-refractivity contribution in [2.75, 3.05) is 0 Å². The Morgan fingerprint density at radius 1 is 1.00 bits per heavy atom. The maximum absolute atomic E-state index is 10.8. The van der Waals surface area contributed by atoms with Gasteiger partial charge in [0.05, 0.1) is 0 Å². The smallest absolute Gasteiger partial charge is 0.321 e. The second-order valence-corrected chi connectivity index (χ2v) is 5.21. The van der Waals surface area contributed by atoms with Gasteiger partial charge in [-0.3, -0.25) is 9.09 Å². The minimum atomic E-state index is -3.45. The number of benzene rings is 2. The minimum absolute atomic E-state index is 0.108. The Labute approximate surface area is 123 Å². The minimum Gasteiger partial charge on any atom is -0.352 e. The molecule has 0 saturated carbocycles. The van der Waals surface area contributed by atoms with Crippen molar-refractivity contribution < 1.29 is 28.5 Å². The molecule has 6 nitrogen and oxygen atoms in total. The summed E-state index contributed by atoms with van der Waals surface area (Å²) in [5, 5.41) is 10.1. The standard InChI is InChI=1S/C13H14O6P2/c14-13(18-20-15,19-21(16)17)12-8-6-11(7-9-12)10-4-2-1-3-5-10/h1-9,14-15,20-21H,(H,16,17). The van der Waals surface area contributed by atoms with Crippen molar-refractivity contribution in [2.24, 2.45) is 0 Å². The first kappa shape index (κ1) is 16.3. The van der Waals surface area contributed by atoms with Crippen molar-refractivity contribution >= 4 is 17.3 Å². The van der Waals surface area contributed by atoms with E-state index in [0.717, 1.165) is 11.1 Å². The topological polar surface area (TPSA) is 96.2 Å². The molecule has 0 saturated heterocycles. The molecule has 2 aromatic rings. The van der Waals surface area contributed by atoms with E-state index in [-0.39, 0.29) is 5.56 Å². The van der Waals surface area contributed by atoms with Crippen molar-refractivity contribution in [2.45, 2.75) is 5.97 Å². The highest BCUT2D eigenvalue weighted by Crippen LogP contribution is 2.38. The third-order valence-corrected chi connectivity index (χ3v) is 3.59. The van der Waals surface area contributed by atoms with Crippen LogP contribution in [0.4, 0.5) is 0 Å². The Morgan fingerprint density at radius 3 is 2.10 bits per heavy atom. The normalized spacial score (nSPS) is 16.0. The van der Waals surface area contributed by atoms with Gasteiger partial charge in [-0.1, -0.05) is 54.6 Å². The lowest BCUT2D eigenvalue weighted by molar-refractivity contribution is -0.282. The fourth-order valence-corrected chi connectivity index (χ4v) is 2.59. The summed E-state index contributed by atoms with van der Waals surface area (Å²) >= 11 is 0. The summed E-state index contributed by atoms with van der Waals surface area (Å²) in [7, 11) is -4.56. The zero-order valence-corrected chi connectivity index (χ0v) is 12.8. The van der Waals surface area contributed by atoms with E-state index in [1.165, 1.54) is 12.1 Å². The quantitative estimate of drug-likeness (QED) is 0.556. The van der Waals surface area contributed by atoms with Crippen LogP contribution < -0.4 is 0 Å². The summed E-state index contributed by atoms with van der Waals surface area (Å²) in [5.41, 5.74) is 1.98. The average Bonchev–Trinajstić information content (AvgIpc) is 2.48. The molecule has 2 rings (SSSR count). The van der Waals surface area contributed by atoms with Crippen LogP contribution in [-0.4, -0.2) is 14.9 Å². The second kappa shape index (κ2) is 7.25. The Balaban J connectivity index is 2.29. The van der Waals surface area contributed by atoms with Crippen LogP contribution in [0.2, 0.25) is 0 Å². The molecule has 3 N–H and O–H groups in total. The molecule has 8 heteroatoms. The van der Waals surface area contributed by atoms with E-state index in [1.807, 2.05) is 30.3 Å². The zero-order valence-electron chi connectivity index (χ0n) is 10.8. The van der Waals surface area contributed by atoms with Gasteiger partial charge < -0.3 is 14.9 Å². The van der Waals surface area contributed by atoms with Crippen LogP contribution in [0.25, 0.3) is 11.1 Å². The fourth-order valence-electron chi connectivity index (χ4n) is 1.82. The highest BCUT2D eigenvalue weighted by atomic mass is 31.1. The number of aliphatic hydroxyl groups is 1. The number of hydrogen-bond donors (Lipinski definition) is 3. The van der Waals surface area contributed by atoms with Crippen LogP contribution in [0.5, 0.6) is 0 Å². The Bertz CT molecular complexity index is 604. The molecule has 0 radical (unpaired) electrons. The van der Waals surface area contributed by atoms with E-state index in [2.05, 4.69) is 9.05 Å². The van der Waals surface area contributed by atoms with E-state index in [1.54, 1.807) is 12.1 Å². The largest absolute Gasteiger partial charge is 0.352 e. The van der Waals surface area contributed by atoms with Crippen LogP contribution in [0.15, 0.2) is 54.6 Å². The monoisotopic (exact) mass is 328 g/mol. The highest BCUT2D eigenvalue weighted by molar-refractivity contribution is 7.32. The predicted octanol–water partition coefficient (Wildman–Crippen LogP) is 2.37. The molecule has 3 atom stereocenters. The van der Waals surface area contributed by atoms with Crippen molar-refractivity contribution in [3.8, 4) is 11.1 Å². The highest BCUT2D eigenvalue weighted by Gasteiger charge is 2.34. The molecule has 0 bridgehead atoms. The van der Waals surface area contributed by atoms with Crippen molar-refractivity contribution in [1.82, 2.24) is 0 Å². The predicted molar refractivity (Wildman–Crippen MR) is 79.7 cm³/mol. The van der Waals surface area contributed by atoms with Crippen LogP contribution in [0.3, 0.4) is 0 Å². The average molecular weight is 328 g/mol. The molecule has 21 heavy (non-hydrogen) atoms. The first-order valence-electron chi connectivity index (χ1n) is 5.92. The SMILES string of the molecule is O=[PH](O)OC(O)(OPO)c1ccc(-c2ccccc2)cc1. The third-order valence-electron chi connectivity index (χ3n) is 2.77. The van der Waals surface area contributed by atoms with Gasteiger partial charge in [0.2, 0.25) is 0 Å². The molecule has 0 aromatic heterocycles. The van der Waals surface area contributed by atoms with Gasteiger partial charge in [0.25, 0.3) is 0 Å². The molecule has 2 aromatic carbocycles. The second-order valence-electron chi connectivity index (χ2n) is 4.09. The van der Waals surface area contributed by atoms with Crippen LogP contribution in [0, 0.1) is 0 Å². The lowest BCUT2D eigenvalue weighted by Gasteiger charge is -2.25. The van der Waals surface area contributed by atoms with Gasteiger partial charge in [0.1, 0.15) is 0 Å². The van der Waals surface area contributed by atoms with Crippen LogP contribution in [-0.2, 0) is 19.6 Å². The van der Waals surface area contributed by atoms with Crippen molar-refractivity contribution in [1.29, 1.82) is 0 Å². The lowest BCUT2D eigenvalue weighted by atomic mass is 10.0. The fraction of sp³-hybridized carbons (Fsp3) is 0.0769.